The van der Waals surface area contributed by atoms with Gasteiger partial charge in [0.05, 0.1) is 17.3 Å². The fourth-order valence-corrected chi connectivity index (χ4v) is 6.33. The summed E-state index contributed by atoms with van der Waals surface area (Å²) in [5.74, 6) is -1.84. The number of anilines is 1. The largest absolute Gasteiger partial charge is 0.481 e. The molecule has 2 fully saturated rings. The predicted octanol–water partition coefficient (Wildman–Crippen LogP) is 5.54. The monoisotopic (exact) mass is 576 g/mol. The zero-order valence-corrected chi connectivity index (χ0v) is 23.0. The van der Waals surface area contributed by atoms with Gasteiger partial charge >= 0.3 is 12.0 Å². The number of amides is 3. The van der Waals surface area contributed by atoms with Gasteiger partial charge in [-0.3, -0.25) is 14.5 Å². The van der Waals surface area contributed by atoms with Crippen molar-refractivity contribution in [2.75, 3.05) is 24.5 Å². The molecule has 0 aliphatic carbocycles. The third-order valence-electron chi connectivity index (χ3n) is 7.53. The second kappa shape index (κ2) is 11.3. The molecule has 0 saturated carbocycles. The Bertz CT molecular complexity index is 1470. The van der Waals surface area contributed by atoms with Crippen LogP contribution in [0.5, 0.6) is 0 Å². The molecule has 5 rings (SSSR count). The van der Waals surface area contributed by atoms with Crippen LogP contribution in [0.3, 0.4) is 0 Å². The highest BCUT2D eigenvalue weighted by atomic mass is 35.5. The number of benzene rings is 3. The molecule has 2 aliphatic heterocycles. The highest BCUT2D eigenvalue weighted by Gasteiger charge is 2.65. The molecule has 2 aliphatic rings. The molecule has 3 amide bonds. The predicted molar refractivity (Wildman–Crippen MR) is 151 cm³/mol. The summed E-state index contributed by atoms with van der Waals surface area (Å²) in [5, 5.41) is 19.2. The Labute approximate surface area is 241 Å². The highest BCUT2D eigenvalue weighted by molar-refractivity contribution is 6.35. The first kappa shape index (κ1) is 27.7. The first-order chi connectivity index (χ1) is 19.2. The molecule has 0 aromatic heterocycles. The van der Waals surface area contributed by atoms with E-state index < -0.39 is 29.4 Å². The molecule has 1 N–H and O–H groups in total. The van der Waals surface area contributed by atoms with Crippen LogP contribution in [0, 0.1) is 11.3 Å². The van der Waals surface area contributed by atoms with Gasteiger partial charge in [-0.15, -0.1) is 0 Å². The van der Waals surface area contributed by atoms with Gasteiger partial charge in [-0.2, -0.15) is 5.26 Å². The van der Waals surface area contributed by atoms with E-state index in [1.54, 1.807) is 12.1 Å². The molecule has 2 heterocycles. The van der Waals surface area contributed by atoms with Gasteiger partial charge in [0.1, 0.15) is 5.54 Å². The van der Waals surface area contributed by atoms with E-state index in [1.807, 2.05) is 42.5 Å². The number of imide groups is 1. The van der Waals surface area contributed by atoms with Crippen molar-refractivity contribution in [3.8, 4) is 6.07 Å². The molecular formula is C30H26Cl2N4O4. The van der Waals surface area contributed by atoms with Crippen molar-refractivity contribution in [3.05, 3.63) is 99.5 Å². The summed E-state index contributed by atoms with van der Waals surface area (Å²) in [7, 11) is 0. The van der Waals surface area contributed by atoms with E-state index in [9.17, 15) is 24.8 Å². The van der Waals surface area contributed by atoms with E-state index in [1.165, 1.54) is 23.1 Å². The highest BCUT2D eigenvalue weighted by Crippen LogP contribution is 2.47. The Hall–Kier alpha value is -3.90. The topological polar surface area (TPSA) is 105 Å². The standard InChI is InChI=1S/C30H26Cl2N4O4/c31-23-13-24(32)15-25(14-23)36-28(39)30(35(29(36)40)12-4-7-27(37)38)19-34(17-21-5-2-1-3-6-21)18-26(30)22-10-8-20(16-33)9-11-22/h1-3,5-6,8-11,13-15,26H,4,7,12,17-19H2,(H,37,38). The van der Waals surface area contributed by atoms with Gasteiger partial charge in [-0.05, 0) is 47.9 Å². The minimum atomic E-state index is -1.31. The molecule has 40 heavy (non-hydrogen) atoms. The lowest BCUT2D eigenvalue weighted by Crippen LogP contribution is -2.55. The molecule has 8 nitrogen and oxygen atoms in total. The van der Waals surface area contributed by atoms with Crippen LogP contribution in [0.25, 0.3) is 0 Å². The van der Waals surface area contributed by atoms with Crippen molar-refractivity contribution in [1.29, 1.82) is 5.26 Å². The van der Waals surface area contributed by atoms with Crippen molar-refractivity contribution in [2.24, 2.45) is 0 Å². The second-order valence-corrected chi connectivity index (χ2v) is 10.9. The normalized spacial score (nSPS) is 20.9. The second-order valence-electron chi connectivity index (χ2n) is 10.1. The lowest BCUT2D eigenvalue weighted by molar-refractivity contribution is -0.137. The van der Waals surface area contributed by atoms with Crippen LogP contribution in [0.1, 0.15) is 35.4 Å². The molecule has 3 aromatic carbocycles. The van der Waals surface area contributed by atoms with Gasteiger partial charge in [-0.1, -0.05) is 65.7 Å². The maximum Gasteiger partial charge on any atom is 0.332 e. The van der Waals surface area contributed by atoms with E-state index in [4.69, 9.17) is 23.2 Å². The number of carboxylic acids is 1. The number of urea groups is 1. The first-order valence-corrected chi connectivity index (χ1v) is 13.6. The van der Waals surface area contributed by atoms with Crippen molar-refractivity contribution in [3.63, 3.8) is 0 Å². The molecule has 2 atom stereocenters. The van der Waals surface area contributed by atoms with Crippen molar-refractivity contribution in [1.82, 2.24) is 9.80 Å². The van der Waals surface area contributed by atoms with Crippen LogP contribution in [-0.2, 0) is 16.1 Å². The molecule has 10 heteroatoms. The maximum absolute atomic E-state index is 14.6. The van der Waals surface area contributed by atoms with Crippen LogP contribution in [0.4, 0.5) is 10.5 Å². The number of likely N-dealkylation sites (tertiary alicyclic amines) is 1. The van der Waals surface area contributed by atoms with E-state index in [0.29, 0.717) is 18.7 Å². The minimum absolute atomic E-state index is 0.0770. The van der Waals surface area contributed by atoms with Crippen molar-refractivity contribution in [2.45, 2.75) is 30.8 Å². The third kappa shape index (κ3) is 5.16. The van der Waals surface area contributed by atoms with Gasteiger partial charge in [-0.25, -0.2) is 9.69 Å². The van der Waals surface area contributed by atoms with Gasteiger partial charge in [0.2, 0.25) is 0 Å². The number of aliphatic carboxylic acids is 1. The molecule has 204 valence electrons. The summed E-state index contributed by atoms with van der Waals surface area (Å²) in [5.41, 5.74) is 1.30. The van der Waals surface area contributed by atoms with Gasteiger partial charge in [0.15, 0.2) is 0 Å². The molecule has 1 spiro atoms. The van der Waals surface area contributed by atoms with Crippen LogP contribution < -0.4 is 4.90 Å². The smallest absolute Gasteiger partial charge is 0.332 e. The van der Waals surface area contributed by atoms with Gasteiger partial charge in [0.25, 0.3) is 5.91 Å². The van der Waals surface area contributed by atoms with E-state index in [0.717, 1.165) is 16.0 Å². The minimum Gasteiger partial charge on any atom is -0.481 e. The van der Waals surface area contributed by atoms with E-state index in [-0.39, 0.29) is 41.7 Å². The number of carbonyl (C=O) groups is 3. The molecule has 0 bridgehead atoms. The quantitative estimate of drug-likeness (QED) is 0.353. The summed E-state index contributed by atoms with van der Waals surface area (Å²) in [6, 6.07) is 23.0. The fourth-order valence-electron chi connectivity index (χ4n) is 5.82. The van der Waals surface area contributed by atoms with E-state index in [2.05, 4.69) is 11.0 Å². The summed E-state index contributed by atoms with van der Waals surface area (Å²) in [6.45, 7) is 1.35. The number of halogens is 2. The molecular weight excluding hydrogens is 551 g/mol. The zero-order valence-electron chi connectivity index (χ0n) is 21.5. The molecule has 3 aromatic rings. The summed E-state index contributed by atoms with van der Waals surface area (Å²) in [4.78, 5) is 44.7. The number of nitriles is 1. The Morgan fingerprint density at radius 1 is 1.02 bits per heavy atom. The summed E-state index contributed by atoms with van der Waals surface area (Å²) in [6.07, 6.45) is 0.0331. The lowest BCUT2D eigenvalue weighted by atomic mass is 9.80. The average Bonchev–Trinajstić information content (AvgIpc) is 3.39. The van der Waals surface area contributed by atoms with Crippen LogP contribution in [-0.4, -0.2) is 58.0 Å². The zero-order chi connectivity index (χ0) is 28.4. The fraction of sp³-hybridized carbons (Fsp3) is 0.267. The SMILES string of the molecule is N#Cc1ccc(C2CN(Cc3ccccc3)CC23C(=O)N(c2cc(Cl)cc(Cl)c2)C(=O)N3CCCC(=O)O)cc1. The number of carboxylic acid groups (broad SMARTS) is 1. The summed E-state index contributed by atoms with van der Waals surface area (Å²) >= 11 is 12.5. The van der Waals surface area contributed by atoms with Crippen molar-refractivity contribution >= 4 is 46.8 Å². The van der Waals surface area contributed by atoms with Crippen molar-refractivity contribution < 1.29 is 19.5 Å². The van der Waals surface area contributed by atoms with Crippen LogP contribution in [0.15, 0.2) is 72.8 Å². The first-order valence-electron chi connectivity index (χ1n) is 12.8. The van der Waals surface area contributed by atoms with Gasteiger partial charge in [0, 0.05) is 48.6 Å². The Morgan fingerprint density at radius 3 is 2.33 bits per heavy atom. The Balaban J connectivity index is 1.62. The number of hydrogen-bond donors (Lipinski definition) is 1. The number of rotatable bonds is 8. The Kier molecular flexibility index (Phi) is 7.81. The number of nitrogens with zero attached hydrogens (tertiary/aromatic N) is 4. The average molecular weight is 577 g/mol. The molecule has 2 unspecified atom stereocenters. The van der Waals surface area contributed by atoms with Crippen LogP contribution >= 0.6 is 23.2 Å². The van der Waals surface area contributed by atoms with Crippen LogP contribution in [0.2, 0.25) is 10.0 Å². The summed E-state index contributed by atoms with van der Waals surface area (Å²) < 4.78 is 0. The lowest BCUT2D eigenvalue weighted by Gasteiger charge is -2.36. The number of hydrogen-bond acceptors (Lipinski definition) is 5. The third-order valence-corrected chi connectivity index (χ3v) is 7.96. The van der Waals surface area contributed by atoms with E-state index >= 15 is 0 Å². The van der Waals surface area contributed by atoms with Gasteiger partial charge < -0.3 is 10.0 Å². The number of carbonyl (C=O) groups excluding carboxylic acids is 2. The molecule has 2 saturated heterocycles. The Morgan fingerprint density at radius 2 is 1.70 bits per heavy atom. The maximum atomic E-state index is 14.6. The molecule has 0 radical (unpaired) electrons.